The van der Waals surface area contributed by atoms with E-state index < -0.39 is 0 Å². The highest BCUT2D eigenvalue weighted by atomic mass is 35.5. The normalized spacial score (nSPS) is 21.1. The summed E-state index contributed by atoms with van der Waals surface area (Å²) < 4.78 is 0. The number of halogens is 1. The molecule has 2 N–H and O–H groups in total. The number of benzene rings is 1. The molecule has 0 aliphatic carbocycles. The van der Waals surface area contributed by atoms with Gasteiger partial charge < -0.3 is 10.4 Å². The fraction of sp³-hybridized carbons (Fsp3) is 0.538. The van der Waals surface area contributed by atoms with Crippen LogP contribution >= 0.6 is 11.6 Å². The van der Waals surface area contributed by atoms with E-state index in [1.54, 1.807) is 0 Å². The third-order valence-corrected chi connectivity index (χ3v) is 3.93. The van der Waals surface area contributed by atoms with Crippen LogP contribution in [0.25, 0.3) is 0 Å². The molecular formula is C13H18ClNO. The maximum Gasteiger partial charge on any atom is 0.137 e. The molecule has 0 saturated carbocycles. The van der Waals surface area contributed by atoms with Crippen molar-refractivity contribution in [3.05, 3.63) is 27.8 Å². The van der Waals surface area contributed by atoms with Gasteiger partial charge in [-0.1, -0.05) is 17.7 Å². The molecule has 3 heteroatoms. The first-order chi connectivity index (χ1) is 7.61. The number of hydrogen-bond donors (Lipinski definition) is 2. The van der Waals surface area contributed by atoms with Crippen LogP contribution in [0.4, 0.5) is 0 Å². The van der Waals surface area contributed by atoms with Crippen LogP contribution in [0, 0.1) is 13.8 Å². The third-order valence-electron chi connectivity index (χ3n) is 3.45. The van der Waals surface area contributed by atoms with Crippen LogP contribution in [0.3, 0.4) is 0 Å². The Labute approximate surface area is 102 Å². The molecule has 0 amide bonds. The Balaban J connectivity index is 2.40. The van der Waals surface area contributed by atoms with Crippen molar-refractivity contribution in [3.8, 4) is 5.75 Å². The zero-order valence-corrected chi connectivity index (χ0v) is 10.6. The lowest BCUT2D eigenvalue weighted by atomic mass is 9.87. The second kappa shape index (κ2) is 4.64. The standard InChI is InChI=1S/C13H18ClNO/c1-8-6-11(9(2)13(16)12(8)14)10-4-3-5-15-7-10/h6,10,15-16H,3-5,7H2,1-2H3. The minimum Gasteiger partial charge on any atom is -0.506 e. The van der Waals surface area contributed by atoms with Gasteiger partial charge in [-0.15, -0.1) is 0 Å². The van der Waals surface area contributed by atoms with Crippen LogP contribution < -0.4 is 5.32 Å². The van der Waals surface area contributed by atoms with E-state index in [-0.39, 0.29) is 5.75 Å². The molecule has 1 atom stereocenters. The quantitative estimate of drug-likeness (QED) is 0.789. The summed E-state index contributed by atoms with van der Waals surface area (Å²) in [6, 6.07) is 2.12. The first-order valence-corrected chi connectivity index (χ1v) is 6.18. The topological polar surface area (TPSA) is 32.3 Å². The molecule has 0 radical (unpaired) electrons. The number of piperidine rings is 1. The van der Waals surface area contributed by atoms with Gasteiger partial charge in [0.05, 0.1) is 5.02 Å². The van der Waals surface area contributed by atoms with Gasteiger partial charge in [-0.25, -0.2) is 0 Å². The Kier molecular flexibility index (Phi) is 3.41. The number of aryl methyl sites for hydroxylation is 1. The first kappa shape index (κ1) is 11.7. The molecule has 0 spiro atoms. The van der Waals surface area contributed by atoms with Gasteiger partial charge in [0.2, 0.25) is 0 Å². The van der Waals surface area contributed by atoms with Crippen molar-refractivity contribution in [2.75, 3.05) is 13.1 Å². The van der Waals surface area contributed by atoms with Gasteiger partial charge in [0.25, 0.3) is 0 Å². The molecule has 0 bridgehead atoms. The summed E-state index contributed by atoms with van der Waals surface area (Å²) in [5, 5.41) is 13.8. The van der Waals surface area contributed by atoms with E-state index in [1.807, 2.05) is 13.8 Å². The Morgan fingerprint density at radius 1 is 1.44 bits per heavy atom. The van der Waals surface area contributed by atoms with Gasteiger partial charge in [-0.05, 0) is 55.8 Å². The predicted molar refractivity (Wildman–Crippen MR) is 67.4 cm³/mol. The van der Waals surface area contributed by atoms with Gasteiger partial charge in [0.15, 0.2) is 0 Å². The molecule has 2 rings (SSSR count). The van der Waals surface area contributed by atoms with Crippen LogP contribution in [-0.4, -0.2) is 18.2 Å². The van der Waals surface area contributed by atoms with E-state index in [9.17, 15) is 5.11 Å². The molecule has 1 fully saturated rings. The molecule has 1 aliphatic rings. The van der Waals surface area contributed by atoms with Crippen molar-refractivity contribution in [1.82, 2.24) is 5.32 Å². The minimum absolute atomic E-state index is 0.252. The van der Waals surface area contributed by atoms with Crippen molar-refractivity contribution in [1.29, 1.82) is 0 Å². The van der Waals surface area contributed by atoms with E-state index in [0.717, 1.165) is 24.2 Å². The molecule has 1 aromatic rings. The molecule has 16 heavy (non-hydrogen) atoms. The molecule has 1 aromatic carbocycles. The van der Waals surface area contributed by atoms with E-state index >= 15 is 0 Å². The highest BCUT2D eigenvalue weighted by molar-refractivity contribution is 6.32. The monoisotopic (exact) mass is 239 g/mol. The summed E-state index contributed by atoms with van der Waals surface area (Å²) in [7, 11) is 0. The van der Waals surface area contributed by atoms with E-state index in [4.69, 9.17) is 11.6 Å². The van der Waals surface area contributed by atoms with Gasteiger partial charge in [0, 0.05) is 6.54 Å². The van der Waals surface area contributed by atoms with Crippen molar-refractivity contribution < 1.29 is 5.11 Å². The van der Waals surface area contributed by atoms with Crippen LogP contribution in [0.2, 0.25) is 5.02 Å². The van der Waals surface area contributed by atoms with Crippen molar-refractivity contribution in [3.63, 3.8) is 0 Å². The van der Waals surface area contributed by atoms with E-state index in [1.165, 1.54) is 18.4 Å². The van der Waals surface area contributed by atoms with Crippen molar-refractivity contribution in [2.45, 2.75) is 32.6 Å². The number of aromatic hydroxyl groups is 1. The van der Waals surface area contributed by atoms with Gasteiger partial charge in [-0.2, -0.15) is 0 Å². The Morgan fingerprint density at radius 2 is 2.19 bits per heavy atom. The zero-order chi connectivity index (χ0) is 11.7. The first-order valence-electron chi connectivity index (χ1n) is 5.80. The van der Waals surface area contributed by atoms with Crippen molar-refractivity contribution >= 4 is 11.6 Å². The minimum atomic E-state index is 0.252. The summed E-state index contributed by atoms with van der Waals surface area (Å²) in [4.78, 5) is 0. The summed E-state index contributed by atoms with van der Waals surface area (Å²) >= 11 is 6.03. The fourth-order valence-electron chi connectivity index (χ4n) is 2.43. The van der Waals surface area contributed by atoms with Crippen LogP contribution in [0.15, 0.2) is 6.07 Å². The third kappa shape index (κ3) is 2.04. The summed E-state index contributed by atoms with van der Waals surface area (Å²) in [6.07, 6.45) is 2.39. The lowest BCUT2D eigenvalue weighted by molar-refractivity contribution is 0.448. The largest absolute Gasteiger partial charge is 0.506 e. The second-order valence-electron chi connectivity index (χ2n) is 4.61. The second-order valence-corrected chi connectivity index (χ2v) is 4.99. The van der Waals surface area contributed by atoms with Gasteiger partial charge in [-0.3, -0.25) is 0 Å². The number of hydrogen-bond acceptors (Lipinski definition) is 2. The van der Waals surface area contributed by atoms with Gasteiger partial charge >= 0.3 is 0 Å². The number of rotatable bonds is 1. The number of phenols is 1. The number of nitrogens with one attached hydrogen (secondary N) is 1. The Morgan fingerprint density at radius 3 is 2.81 bits per heavy atom. The Bertz CT molecular complexity index is 397. The summed E-state index contributed by atoms with van der Waals surface area (Å²) in [5.41, 5.74) is 3.14. The van der Waals surface area contributed by atoms with Crippen molar-refractivity contribution in [2.24, 2.45) is 0 Å². The molecule has 1 aliphatic heterocycles. The summed E-state index contributed by atoms with van der Waals surface area (Å²) in [6.45, 7) is 6.00. The van der Waals surface area contributed by atoms with Crippen LogP contribution in [0.1, 0.15) is 35.4 Å². The predicted octanol–water partition coefficient (Wildman–Crippen LogP) is 3.13. The number of phenolic OH excluding ortho intramolecular Hbond substituents is 1. The molecule has 1 unspecified atom stereocenters. The van der Waals surface area contributed by atoms with Crippen LogP contribution in [0.5, 0.6) is 5.75 Å². The maximum absolute atomic E-state index is 9.95. The molecule has 2 nitrogen and oxygen atoms in total. The molecule has 1 heterocycles. The average Bonchev–Trinajstić information content (AvgIpc) is 2.32. The Hall–Kier alpha value is -0.730. The highest BCUT2D eigenvalue weighted by Crippen LogP contribution is 2.37. The van der Waals surface area contributed by atoms with Crippen LogP contribution in [-0.2, 0) is 0 Å². The maximum atomic E-state index is 9.95. The molecule has 0 aromatic heterocycles. The average molecular weight is 240 g/mol. The zero-order valence-electron chi connectivity index (χ0n) is 9.81. The summed E-state index contributed by atoms with van der Waals surface area (Å²) in [5.74, 6) is 0.762. The van der Waals surface area contributed by atoms with E-state index in [2.05, 4.69) is 11.4 Å². The SMILES string of the molecule is Cc1cc(C2CCCNC2)c(C)c(O)c1Cl. The smallest absolute Gasteiger partial charge is 0.137 e. The fourth-order valence-corrected chi connectivity index (χ4v) is 2.63. The lowest BCUT2D eigenvalue weighted by Gasteiger charge is -2.25. The molecular weight excluding hydrogens is 222 g/mol. The lowest BCUT2D eigenvalue weighted by Crippen LogP contribution is -2.28. The highest BCUT2D eigenvalue weighted by Gasteiger charge is 2.20. The molecule has 1 saturated heterocycles. The molecule has 88 valence electrons. The van der Waals surface area contributed by atoms with Gasteiger partial charge in [0.1, 0.15) is 5.75 Å². The van der Waals surface area contributed by atoms with E-state index in [0.29, 0.717) is 10.9 Å².